The largest absolute Gasteiger partial charge is 0.490 e. The summed E-state index contributed by atoms with van der Waals surface area (Å²) in [6.45, 7) is 0.500. The highest BCUT2D eigenvalue weighted by atomic mass is 33.1. The normalized spacial score (nSPS) is 14.3. The predicted molar refractivity (Wildman–Crippen MR) is 101 cm³/mol. The van der Waals surface area contributed by atoms with Crippen molar-refractivity contribution in [3.8, 4) is 0 Å². The van der Waals surface area contributed by atoms with E-state index in [1.54, 1.807) is 18.2 Å². The molecule has 12 heteroatoms. The number of halogens is 4. The van der Waals surface area contributed by atoms with Crippen LogP contribution in [0, 0.1) is 5.82 Å². The Hall–Kier alpha value is -1.95. The second-order valence-corrected chi connectivity index (χ2v) is 8.61. The molecule has 0 saturated heterocycles. The van der Waals surface area contributed by atoms with E-state index in [1.165, 1.54) is 27.7 Å². The van der Waals surface area contributed by atoms with Crippen molar-refractivity contribution in [1.82, 2.24) is 5.32 Å². The zero-order chi connectivity index (χ0) is 22.1. The van der Waals surface area contributed by atoms with Crippen LogP contribution < -0.4 is 5.32 Å². The predicted octanol–water partition coefficient (Wildman–Crippen LogP) is 3.46. The lowest BCUT2D eigenvalue weighted by molar-refractivity contribution is -0.192. The van der Waals surface area contributed by atoms with Crippen LogP contribution in [0.1, 0.15) is 24.8 Å². The molecule has 0 spiro atoms. The molecule has 29 heavy (non-hydrogen) atoms. The van der Waals surface area contributed by atoms with Gasteiger partial charge >= 0.3 is 18.1 Å². The number of hydrogen-bond acceptors (Lipinski definition) is 5. The van der Waals surface area contributed by atoms with E-state index in [9.17, 15) is 27.2 Å². The summed E-state index contributed by atoms with van der Waals surface area (Å²) >= 11 is 0. The molecule has 1 saturated carbocycles. The maximum absolute atomic E-state index is 13.8. The van der Waals surface area contributed by atoms with Gasteiger partial charge in [-0.05, 0) is 18.9 Å². The number of carboxylic acid groups (broad SMARTS) is 2. The van der Waals surface area contributed by atoms with E-state index in [4.69, 9.17) is 15.0 Å². The van der Waals surface area contributed by atoms with Crippen molar-refractivity contribution in [3.05, 3.63) is 35.6 Å². The number of benzene rings is 1. The zero-order valence-electron chi connectivity index (χ0n) is 15.0. The molecule has 0 heterocycles. The van der Waals surface area contributed by atoms with Crippen molar-refractivity contribution in [1.29, 1.82) is 0 Å². The average molecular weight is 457 g/mol. The van der Waals surface area contributed by atoms with Gasteiger partial charge in [0.15, 0.2) is 0 Å². The number of amides is 1. The molecule has 6 nitrogen and oxygen atoms in total. The molecule has 2 rings (SSSR count). The molecule has 162 valence electrons. The summed E-state index contributed by atoms with van der Waals surface area (Å²) in [6, 6.07) is 6.44. The van der Waals surface area contributed by atoms with E-state index < -0.39 is 23.5 Å². The van der Waals surface area contributed by atoms with Crippen LogP contribution in [0.3, 0.4) is 0 Å². The van der Waals surface area contributed by atoms with Gasteiger partial charge in [-0.3, -0.25) is 9.59 Å². The topological polar surface area (TPSA) is 104 Å². The number of nitrogens with one attached hydrogen (secondary N) is 1. The number of rotatable bonds is 9. The summed E-state index contributed by atoms with van der Waals surface area (Å²) in [5.74, 6) is -2.76. The Morgan fingerprint density at radius 3 is 2.10 bits per heavy atom. The van der Waals surface area contributed by atoms with Crippen molar-refractivity contribution in [2.75, 3.05) is 18.1 Å². The fourth-order valence-electron chi connectivity index (χ4n) is 2.22. The van der Waals surface area contributed by atoms with Gasteiger partial charge in [-0.1, -0.05) is 39.8 Å². The molecule has 0 unspecified atom stereocenters. The first-order chi connectivity index (χ1) is 13.5. The summed E-state index contributed by atoms with van der Waals surface area (Å²) in [6.07, 6.45) is -3.58. The summed E-state index contributed by atoms with van der Waals surface area (Å²) in [5, 5.41) is 18.5. The van der Waals surface area contributed by atoms with Crippen LogP contribution in [0.4, 0.5) is 17.6 Å². The molecule has 0 atom stereocenters. The molecular weight excluding hydrogens is 438 g/mol. The molecule has 0 radical (unpaired) electrons. The Morgan fingerprint density at radius 1 is 1.07 bits per heavy atom. The number of carboxylic acids is 2. The average Bonchev–Trinajstić information content (AvgIpc) is 3.42. The lowest BCUT2D eigenvalue weighted by Gasteiger charge is -2.16. The number of carbonyl (C=O) groups excluding carboxylic acids is 1. The monoisotopic (exact) mass is 457 g/mol. The van der Waals surface area contributed by atoms with Crippen molar-refractivity contribution in [3.63, 3.8) is 0 Å². The maximum atomic E-state index is 13.8. The lowest BCUT2D eigenvalue weighted by Crippen LogP contribution is -2.36. The molecule has 0 aromatic heterocycles. The van der Waals surface area contributed by atoms with E-state index in [1.807, 2.05) is 0 Å². The summed E-state index contributed by atoms with van der Waals surface area (Å²) in [7, 11) is 3.01. The minimum absolute atomic E-state index is 0.117. The van der Waals surface area contributed by atoms with Gasteiger partial charge in [0.25, 0.3) is 0 Å². The third kappa shape index (κ3) is 8.52. The molecule has 0 bridgehead atoms. The van der Waals surface area contributed by atoms with E-state index in [0.717, 1.165) is 0 Å². The Labute approximate surface area is 171 Å². The van der Waals surface area contributed by atoms with E-state index >= 15 is 0 Å². The third-order valence-electron chi connectivity index (χ3n) is 3.77. The van der Waals surface area contributed by atoms with Crippen LogP contribution in [0.5, 0.6) is 0 Å². The SMILES string of the molecule is O=C(O)C(F)(F)F.O=C(O)CCSSCCNC(=O)C1(c2ccccc2F)CC1. The smallest absolute Gasteiger partial charge is 0.481 e. The van der Waals surface area contributed by atoms with Crippen molar-refractivity contribution < 1.29 is 42.2 Å². The van der Waals surface area contributed by atoms with E-state index in [0.29, 0.717) is 36.5 Å². The zero-order valence-corrected chi connectivity index (χ0v) is 16.6. The maximum Gasteiger partial charge on any atom is 0.490 e. The van der Waals surface area contributed by atoms with Gasteiger partial charge in [0.05, 0.1) is 11.8 Å². The van der Waals surface area contributed by atoms with Crippen molar-refractivity contribution >= 4 is 39.4 Å². The Kier molecular flexibility index (Phi) is 9.77. The van der Waals surface area contributed by atoms with Gasteiger partial charge in [0.2, 0.25) is 5.91 Å². The number of carbonyl (C=O) groups is 3. The van der Waals surface area contributed by atoms with Gasteiger partial charge in [0.1, 0.15) is 5.82 Å². The first kappa shape index (κ1) is 25.1. The molecule has 1 amide bonds. The first-order valence-corrected chi connectivity index (χ1v) is 10.8. The second kappa shape index (κ2) is 11.3. The highest BCUT2D eigenvalue weighted by Crippen LogP contribution is 2.49. The quantitative estimate of drug-likeness (QED) is 0.296. The van der Waals surface area contributed by atoms with Crippen LogP contribution in [-0.4, -0.2) is 52.3 Å². The Morgan fingerprint density at radius 2 is 1.62 bits per heavy atom. The van der Waals surface area contributed by atoms with Crippen molar-refractivity contribution in [2.24, 2.45) is 0 Å². The van der Waals surface area contributed by atoms with Gasteiger partial charge in [-0.25, -0.2) is 9.18 Å². The molecule has 1 aliphatic carbocycles. The molecule has 1 aromatic carbocycles. The molecule has 0 aliphatic heterocycles. The van der Waals surface area contributed by atoms with Crippen LogP contribution in [0.2, 0.25) is 0 Å². The first-order valence-electron chi connectivity index (χ1n) is 8.30. The number of alkyl halides is 3. The summed E-state index contributed by atoms with van der Waals surface area (Å²) in [5.41, 5.74) is -0.206. The van der Waals surface area contributed by atoms with Crippen LogP contribution >= 0.6 is 21.6 Å². The number of aliphatic carboxylic acids is 2. The highest BCUT2D eigenvalue weighted by Gasteiger charge is 2.52. The van der Waals surface area contributed by atoms with Gasteiger partial charge in [0, 0.05) is 23.6 Å². The van der Waals surface area contributed by atoms with Crippen LogP contribution in [-0.2, 0) is 19.8 Å². The van der Waals surface area contributed by atoms with Crippen LogP contribution in [0.15, 0.2) is 24.3 Å². The molecule has 3 N–H and O–H groups in total. The van der Waals surface area contributed by atoms with Crippen LogP contribution in [0.25, 0.3) is 0 Å². The minimum Gasteiger partial charge on any atom is -0.481 e. The van der Waals surface area contributed by atoms with Gasteiger partial charge < -0.3 is 15.5 Å². The molecule has 1 fully saturated rings. The standard InChI is InChI=1S/C15H18FNO3S2.C2HF3O2/c16-12-4-2-1-3-11(12)15(6-7-15)14(20)17-8-10-22-21-9-5-13(18)19;3-2(4,5)1(6)7/h1-4H,5-10H2,(H,17,20)(H,18,19);(H,6,7). The fraction of sp³-hybridized carbons (Fsp3) is 0.471. The molecule has 1 aliphatic rings. The second-order valence-electron chi connectivity index (χ2n) is 5.91. The van der Waals surface area contributed by atoms with Gasteiger partial charge in [-0.2, -0.15) is 13.2 Å². The Balaban J connectivity index is 0.000000516. The third-order valence-corrected chi connectivity index (χ3v) is 6.18. The van der Waals surface area contributed by atoms with Gasteiger partial charge in [-0.15, -0.1) is 0 Å². The van der Waals surface area contributed by atoms with Crippen molar-refractivity contribution in [2.45, 2.75) is 30.9 Å². The fourth-order valence-corrected chi connectivity index (χ4v) is 4.10. The lowest BCUT2D eigenvalue weighted by atomic mass is 9.94. The number of hydrogen-bond donors (Lipinski definition) is 3. The van der Waals surface area contributed by atoms with E-state index in [2.05, 4.69) is 5.32 Å². The molecular formula is C17H19F4NO5S2. The van der Waals surface area contributed by atoms with E-state index in [-0.39, 0.29) is 18.1 Å². The molecule has 1 aromatic rings. The summed E-state index contributed by atoms with van der Waals surface area (Å²) in [4.78, 5) is 31.5. The highest BCUT2D eigenvalue weighted by molar-refractivity contribution is 8.76. The summed E-state index contributed by atoms with van der Waals surface area (Å²) < 4.78 is 45.6. The Bertz CT molecular complexity index is 726. The minimum atomic E-state index is -5.08.